The Balaban J connectivity index is 1.69. The van der Waals surface area contributed by atoms with Gasteiger partial charge in [0.25, 0.3) is 0 Å². The van der Waals surface area contributed by atoms with Crippen LogP contribution in [-0.2, 0) is 7.05 Å². The zero-order valence-electron chi connectivity index (χ0n) is 13.4. The molecule has 2 fully saturated rings. The molecule has 0 N–H and O–H groups in total. The molecule has 2 aliphatic rings. The molecule has 5 nitrogen and oxygen atoms in total. The summed E-state index contributed by atoms with van der Waals surface area (Å²) in [5, 5.41) is 10.1. The molecule has 1 saturated heterocycles. The first-order valence-corrected chi connectivity index (χ1v) is 8.56. The molecule has 1 aliphatic carbocycles. The Morgan fingerprint density at radius 3 is 2.36 bits per heavy atom. The minimum absolute atomic E-state index is 0.301. The van der Waals surface area contributed by atoms with Gasteiger partial charge in [0.15, 0.2) is 5.15 Å². The first kappa shape index (κ1) is 15.8. The fraction of sp³-hybridized carbons (Fsp3) is 0.750. The van der Waals surface area contributed by atoms with Crippen molar-refractivity contribution in [2.45, 2.75) is 44.7 Å². The molecule has 1 unspecified atom stereocenters. The van der Waals surface area contributed by atoms with Gasteiger partial charge in [-0.3, -0.25) is 9.80 Å². The number of hydrogen-bond acceptors (Lipinski definition) is 4. The van der Waals surface area contributed by atoms with Crippen LogP contribution in [-0.4, -0.2) is 51.6 Å². The third-order valence-corrected chi connectivity index (χ3v) is 5.53. The summed E-state index contributed by atoms with van der Waals surface area (Å²) in [5.74, 6) is 0.852. The van der Waals surface area contributed by atoms with E-state index in [0.29, 0.717) is 5.15 Å². The van der Waals surface area contributed by atoms with Gasteiger partial charge in [0.2, 0.25) is 0 Å². The lowest BCUT2D eigenvalue weighted by Crippen LogP contribution is -2.50. The molecule has 0 aromatic carbocycles. The van der Waals surface area contributed by atoms with Gasteiger partial charge in [0, 0.05) is 39.3 Å². The van der Waals surface area contributed by atoms with E-state index in [1.54, 1.807) is 0 Å². The summed E-state index contributed by atoms with van der Waals surface area (Å²) >= 11 is 6.26. The normalized spacial score (nSPS) is 22.8. The molecule has 0 bridgehead atoms. The molecule has 2 heterocycles. The average Bonchev–Trinajstić information content (AvgIpc) is 3.13. The summed E-state index contributed by atoms with van der Waals surface area (Å²) in [4.78, 5) is 9.14. The van der Waals surface area contributed by atoms with Crippen molar-refractivity contribution in [1.29, 1.82) is 5.26 Å². The van der Waals surface area contributed by atoms with E-state index in [9.17, 15) is 5.26 Å². The van der Waals surface area contributed by atoms with Gasteiger partial charge in [-0.05, 0) is 19.8 Å². The minimum atomic E-state index is -0.301. The molecule has 1 aliphatic heterocycles. The number of imidazole rings is 1. The van der Waals surface area contributed by atoms with Gasteiger partial charge in [0.05, 0.1) is 11.8 Å². The van der Waals surface area contributed by atoms with E-state index < -0.39 is 0 Å². The first-order chi connectivity index (χ1) is 10.6. The quantitative estimate of drug-likeness (QED) is 0.858. The minimum Gasteiger partial charge on any atom is -0.332 e. The van der Waals surface area contributed by atoms with Crippen LogP contribution in [0.4, 0.5) is 0 Å². The van der Waals surface area contributed by atoms with Crippen LogP contribution >= 0.6 is 11.6 Å². The molecule has 1 atom stereocenters. The highest BCUT2D eigenvalue weighted by atomic mass is 35.5. The monoisotopic (exact) mass is 321 g/mol. The van der Waals surface area contributed by atoms with Crippen LogP contribution in [0.2, 0.25) is 5.15 Å². The molecule has 1 aromatic heterocycles. The van der Waals surface area contributed by atoms with Crippen molar-refractivity contribution in [1.82, 2.24) is 19.4 Å². The van der Waals surface area contributed by atoms with Crippen LogP contribution in [0.25, 0.3) is 0 Å². The molecule has 0 spiro atoms. The number of halogens is 1. The maximum atomic E-state index is 9.66. The molecule has 22 heavy (non-hydrogen) atoms. The fourth-order valence-electron chi connectivity index (χ4n) is 3.83. The Labute approximate surface area is 137 Å². The summed E-state index contributed by atoms with van der Waals surface area (Å²) < 4.78 is 1.94. The molecule has 1 saturated carbocycles. The number of nitrogens with zero attached hydrogens (tertiary/aromatic N) is 5. The summed E-state index contributed by atoms with van der Waals surface area (Å²) in [5.41, 5.74) is 0.830. The maximum Gasteiger partial charge on any atom is 0.153 e. The number of hydrogen-bond donors (Lipinski definition) is 0. The Morgan fingerprint density at radius 1 is 1.23 bits per heavy atom. The van der Waals surface area contributed by atoms with E-state index in [0.717, 1.165) is 43.7 Å². The first-order valence-electron chi connectivity index (χ1n) is 8.18. The van der Waals surface area contributed by atoms with Crippen molar-refractivity contribution >= 4 is 11.6 Å². The highest BCUT2D eigenvalue weighted by molar-refractivity contribution is 6.30. The molecule has 0 radical (unpaired) electrons. The molecular weight excluding hydrogens is 298 g/mol. The number of rotatable bonds is 3. The van der Waals surface area contributed by atoms with E-state index in [-0.39, 0.29) is 6.04 Å². The van der Waals surface area contributed by atoms with Crippen molar-refractivity contribution in [2.24, 2.45) is 7.05 Å². The lowest BCUT2D eigenvalue weighted by atomic mass is 10.1. The lowest BCUT2D eigenvalue weighted by molar-refractivity contribution is 0.0824. The zero-order chi connectivity index (χ0) is 15.7. The molecular formula is C16H24ClN5. The highest BCUT2D eigenvalue weighted by Gasteiger charge is 2.32. The maximum absolute atomic E-state index is 9.66. The summed E-state index contributed by atoms with van der Waals surface area (Å²) in [6, 6.07) is 2.90. The second-order valence-corrected chi connectivity index (χ2v) is 6.79. The van der Waals surface area contributed by atoms with Gasteiger partial charge in [0.1, 0.15) is 11.9 Å². The van der Waals surface area contributed by atoms with Gasteiger partial charge >= 0.3 is 0 Å². The predicted octanol–water partition coefficient (Wildman–Crippen LogP) is 2.51. The summed E-state index contributed by atoms with van der Waals surface area (Å²) in [6.07, 6.45) is 5.42. The topological polar surface area (TPSA) is 48.1 Å². The van der Waals surface area contributed by atoms with Gasteiger partial charge in [-0.15, -0.1) is 0 Å². The second-order valence-electron chi connectivity index (χ2n) is 6.44. The van der Waals surface area contributed by atoms with E-state index in [4.69, 9.17) is 11.6 Å². The van der Waals surface area contributed by atoms with Crippen LogP contribution < -0.4 is 0 Å². The molecule has 120 valence electrons. The fourth-order valence-corrected chi connectivity index (χ4v) is 4.18. The van der Waals surface area contributed by atoms with Crippen LogP contribution in [0.15, 0.2) is 0 Å². The predicted molar refractivity (Wildman–Crippen MR) is 86.7 cm³/mol. The Bertz CT molecular complexity index is 562. The number of aromatic nitrogens is 2. The van der Waals surface area contributed by atoms with Crippen molar-refractivity contribution < 1.29 is 0 Å². The molecule has 6 heteroatoms. The molecule has 1 aromatic rings. The van der Waals surface area contributed by atoms with E-state index in [1.165, 1.54) is 25.7 Å². The number of piperazine rings is 1. The van der Waals surface area contributed by atoms with Crippen LogP contribution in [0.3, 0.4) is 0 Å². The van der Waals surface area contributed by atoms with Crippen molar-refractivity contribution in [3.05, 3.63) is 16.7 Å². The molecule has 3 rings (SSSR count). The summed E-state index contributed by atoms with van der Waals surface area (Å²) in [6.45, 7) is 5.88. The largest absolute Gasteiger partial charge is 0.332 e. The van der Waals surface area contributed by atoms with Crippen molar-refractivity contribution in [3.63, 3.8) is 0 Å². The Kier molecular flexibility index (Phi) is 4.72. The molecule has 0 amide bonds. The van der Waals surface area contributed by atoms with Gasteiger partial charge < -0.3 is 4.57 Å². The van der Waals surface area contributed by atoms with Crippen molar-refractivity contribution in [2.75, 3.05) is 26.2 Å². The van der Waals surface area contributed by atoms with Crippen LogP contribution in [0, 0.1) is 18.3 Å². The lowest BCUT2D eigenvalue weighted by Gasteiger charge is -2.39. The van der Waals surface area contributed by atoms with E-state index >= 15 is 0 Å². The van der Waals surface area contributed by atoms with Crippen molar-refractivity contribution in [3.8, 4) is 6.07 Å². The average molecular weight is 322 g/mol. The third kappa shape index (κ3) is 2.88. The van der Waals surface area contributed by atoms with Gasteiger partial charge in [-0.2, -0.15) is 5.26 Å². The van der Waals surface area contributed by atoms with E-state index in [2.05, 4.69) is 20.9 Å². The smallest absolute Gasteiger partial charge is 0.153 e. The number of nitriles is 1. The van der Waals surface area contributed by atoms with E-state index in [1.807, 2.05) is 18.5 Å². The standard InChI is InChI=1S/C16H24ClN5/c1-12-19-16(17)15(20(12)2)14(11-18)22-9-7-21(8-10-22)13-5-3-4-6-13/h13-14H,3-10H2,1-2H3. The second kappa shape index (κ2) is 6.57. The Hall–Kier alpha value is -1.09. The van der Waals surface area contributed by atoms with Crippen LogP contribution in [0.5, 0.6) is 0 Å². The van der Waals surface area contributed by atoms with Crippen LogP contribution in [0.1, 0.15) is 43.2 Å². The Morgan fingerprint density at radius 2 is 1.86 bits per heavy atom. The number of aryl methyl sites for hydroxylation is 1. The SMILES string of the molecule is Cc1nc(Cl)c(C(C#N)N2CCN(C3CCCC3)CC2)n1C. The van der Waals surface area contributed by atoms with Gasteiger partial charge in [-0.25, -0.2) is 4.98 Å². The zero-order valence-corrected chi connectivity index (χ0v) is 14.2. The third-order valence-electron chi connectivity index (χ3n) is 5.25. The van der Waals surface area contributed by atoms with Gasteiger partial charge in [-0.1, -0.05) is 24.4 Å². The highest BCUT2D eigenvalue weighted by Crippen LogP contribution is 2.30. The summed E-state index contributed by atoms with van der Waals surface area (Å²) in [7, 11) is 1.93.